The van der Waals surface area contributed by atoms with E-state index in [1.54, 1.807) is 0 Å². The molecule has 0 aliphatic carbocycles. The van der Waals surface area contributed by atoms with Crippen LogP contribution in [0.25, 0.3) is 10.2 Å². The van der Waals surface area contributed by atoms with E-state index in [0.717, 1.165) is 25.3 Å². The Morgan fingerprint density at radius 3 is 2.80 bits per heavy atom. The lowest BCUT2D eigenvalue weighted by Crippen LogP contribution is -2.31. The Hall–Kier alpha value is -1.07. The molecule has 1 heterocycles. The van der Waals surface area contributed by atoms with Crippen molar-refractivity contribution in [2.45, 2.75) is 13.5 Å². The number of rotatable bonds is 7. The van der Waals surface area contributed by atoms with Crippen molar-refractivity contribution in [3.63, 3.8) is 0 Å². The van der Waals surface area contributed by atoms with Gasteiger partial charge in [0.05, 0.1) is 29.6 Å². The summed E-state index contributed by atoms with van der Waals surface area (Å²) in [5.41, 5.74) is 0.955. The maximum absolute atomic E-state index is 12.2. The number of ether oxygens (including phenoxy) is 1. The third kappa shape index (κ3) is 5.45. The molecule has 2 rings (SSSR count). The average Bonchev–Trinajstić information content (AvgIpc) is 2.83. The molecule has 2 aromatic rings. The first-order valence-corrected chi connectivity index (χ1v) is 11.0. The monoisotopic (exact) mass is 449 g/mol. The summed E-state index contributed by atoms with van der Waals surface area (Å²) in [5, 5.41) is 0. The number of nitrogens with zero attached hydrogens (tertiary/aromatic N) is 3. The Morgan fingerprint density at radius 1 is 1.44 bits per heavy atom. The minimum Gasteiger partial charge on any atom is -0.380 e. The van der Waals surface area contributed by atoms with Gasteiger partial charge in [-0.15, -0.1) is 0 Å². The third-order valence-corrected chi connectivity index (χ3v) is 6.25. The van der Waals surface area contributed by atoms with Crippen LogP contribution in [0, 0.1) is 0 Å². The molecule has 0 atom stereocenters. The maximum atomic E-state index is 12.2. The summed E-state index contributed by atoms with van der Waals surface area (Å²) < 4.78 is 33.1. The highest BCUT2D eigenvalue weighted by Crippen LogP contribution is 2.22. The molecule has 0 fully saturated rings. The smallest absolute Gasteiger partial charge is 0.263 e. The molecular formula is C15H20BrN3O4S2. The van der Waals surface area contributed by atoms with E-state index in [-0.39, 0.29) is 6.54 Å². The molecule has 0 unspecified atom stereocenters. The number of likely N-dealkylation sites (N-methyl/N-ethyl adjacent to an activating group) is 1. The van der Waals surface area contributed by atoms with Crippen LogP contribution in [0.1, 0.15) is 6.92 Å². The summed E-state index contributed by atoms with van der Waals surface area (Å²) in [6, 6.07) is 5.84. The molecular weight excluding hydrogens is 430 g/mol. The number of carbonyl (C=O) groups is 1. The van der Waals surface area contributed by atoms with Crippen LogP contribution in [-0.2, 0) is 26.1 Å². The first kappa shape index (κ1) is 20.2. The quantitative estimate of drug-likeness (QED) is 0.603. The molecule has 1 aromatic carbocycles. The second-order valence-corrected chi connectivity index (χ2v) is 9.38. The summed E-state index contributed by atoms with van der Waals surface area (Å²) in [6.07, 6.45) is 1.06. The van der Waals surface area contributed by atoms with Gasteiger partial charge in [-0.2, -0.15) is 9.30 Å². The van der Waals surface area contributed by atoms with Gasteiger partial charge in [0.15, 0.2) is 4.80 Å². The van der Waals surface area contributed by atoms with Crippen molar-refractivity contribution in [3.05, 3.63) is 27.5 Å². The highest BCUT2D eigenvalue weighted by Gasteiger charge is 2.15. The van der Waals surface area contributed by atoms with Gasteiger partial charge in [0.25, 0.3) is 5.91 Å². The molecule has 0 aliphatic rings. The zero-order valence-corrected chi connectivity index (χ0v) is 17.4. The molecule has 0 aliphatic heterocycles. The largest absolute Gasteiger partial charge is 0.380 e. The number of amides is 1. The van der Waals surface area contributed by atoms with Gasteiger partial charge in [-0.25, -0.2) is 8.42 Å². The second-order valence-electron chi connectivity index (χ2n) is 5.37. The molecule has 0 bridgehead atoms. The van der Waals surface area contributed by atoms with Crippen LogP contribution < -0.4 is 4.80 Å². The van der Waals surface area contributed by atoms with Crippen LogP contribution in [0.4, 0.5) is 0 Å². The molecule has 0 spiro atoms. The predicted molar refractivity (Wildman–Crippen MR) is 102 cm³/mol. The highest BCUT2D eigenvalue weighted by atomic mass is 79.9. The summed E-state index contributed by atoms with van der Waals surface area (Å²) in [5.74, 6) is -0.510. The Labute approximate surface area is 159 Å². The van der Waals surface area contributed by atoms with Crippen molar-refractivity contribution in [2.75, 3.05) is 33.1 Å². The number of benzene rings is 1. The van der Waals surface area contributed by atoms with E-state index >= 15 is 0 Å². The van der Waals surface area contributed by atoms with E-state index in [1.807, 2.05) is 29.7 Å². The number of halogens is 1. The van der Waals surface area contributed by atoms with E-state index in [4.69, 9.17) is 4.74 Å². The molecule has 0 radical (unpaired) electrons. The SMILES string of the molecule is CCOCCn1c(=NC(=O)CN(C)S(C)(=O)=O)sc2cc(Br)ccc21. The van der Waals surface area contributed by atoms with E-state index < -0.39 is 15.9 Å². The number of fused-ring (bicyclic) bond motifs is 1. The van der Waals surface area contributed by atoms with Crippen LogP contribution >= 0.6 is 27.3 Å². The van der Waals surface area contributed by atoms with E-state index in [9.17, 15) is 13.2 Å². The number of thiazole rings is 1. The van der Waals surface area contributed by atoms with Gasteiger partial charge >= 0.3 is 0 Å². The standard InChI is InChI=1S/C15H20BrN3O4S2/c1-4-23-8-7-19-12-6-5-11(16)9-13(12)24-15(19)17-14(20)10-18(2)25(3,21)22/h5-6,9H,4,7-8,10H2,1-3H3. The lowest BCUT2D eigenvalue weighted by atomic mass is 10.3. The highest BCUT2D eigenvalue weighted by molar-refractivity contribution is 9.10. The van der Waals surface area contributed by atoms with Crippen LogP contribution in [-0.4, -0.2) is 56.3 Å². The molecule has 10 heteroatoms. The van der Waals surface area contributed by atoms with Crippen molar-refractivity contribution in [2.24, 2.45) is 4.99 Å². The third-order valence-electron chi connectivity index (χ3n) is 3.45. The summed E-state index contributed by atoms with van der Waals surface area (Å²) >= 11 is 4.82. The number of carbonyl (C=O) groups excluding carboxylic acids is 1. The Bertz CT molecular complexity index is 934. The average molecular weight is 450 g/mol. The number of sulfonamides is 1. The van der Waals surface area contributed by atoms with E-state index in [0.29, 0.717) is 24.6 Å². The zero-order valence-electron chi connectivity index (χ0n) is 14.2. The van der Waals surface area contributed by atoms with Gasteiger partial charge in [-0.1, -0.05) is 27.3 Å². The van der Waals surface area contributed by atoms with Gasteiger partial charge in [0.2, 0.25) is 10.0 Å². The lowest BCUT2D eigenvalue weighted by molar-refractivity contribution is -0.118. The van der Waals surface area contributed by atoms with Crippen molar-refractivity contribution in [1.29, 1.82) is 0 Å². The Kier molecular flexibility index (Phi) is 6.92. The van der Waals surface area contributed by atoms with Gasteiger partial charge in [0, 0.05) is 24.7 Å². The molecule has 1 aromatic heterocycles. The molecule has 0 saturated carbocycles. The second kappa shape index (κ2) is 8.54. The molecule has 0 N–H and O–H groups in total. The van der Waals surface area contributed by atoms with Crippen LogP contribution in [0.15, 0.2) is 27.7 Å². The fourth-order valence-electron chi connectivity index (χ4n) is 2.10. The normalized spacial score (nSPS) is 13.1. The molecule has 1 amide bonds. The van der Waals surface area contributed by atoms with Crippen LogP contribution in [0.2, 0.25) is 0 Å². The lowest BCUT2D eigenvalue weighted by Gasteiger charge is -2.10. The number of hydrogen-bond acceptors (Lipinski definition) is 5. The fraction of sp³-hybridized carbons (Fsp3) is 0.467. The topological polar surface area (TPSA) is 81.0 Å². The maximum Gasteiger partial charge on any atom is 0.263 e. The van der Waals surface area contributed by atoms with Crippen molar-refractivity contribution < 1.29 is 17.9 Å². The molecule has 0 saturated heterocycles. The summed E-state index contributed by atoms with van der Waals surface area (Å²) in [7, 11) is -2.07. The van der Waals surface area contributed by atoms with Crippen LogP contribution in [0.3, 0.4) is 0 Å². The zero-order chi connectivity index (χ0) is 18.6. The fourth-order valence-corrected chi connectivity index (χ4v) is 4.07. The van der Waals surface area contributed by atoms with Gasteiger partial charge in [0.1, 0.15) is 0 Å². The van der Waals surface area contributed by atoms with E-state index in [1.165, 1.54) is 18.4 Å². The molecule has 138 valence electrons. The Balaban J connectivity index is 2.40. The van der Waals surface area contributed by atoms with Crippen molar-refractivity contribution >= 4 is 53.4 Å². The van der Waals surface area contributed by atoms with E-state index in [2.05, 4.69) is 20.9 Å². The van der Waals surface area contributed by atoms with Gasteiger partial charge in [-0.3, -0.25) is 4.79 Å². The molecule has 7 nitrogen and oxygen atoms in total. The minimum atomic E-state index is -3.43. The summed E-state index contributed by atoms with van der Waals surface area (Å²) in [4.78, 5) is 16.8. The Morgan fingerprint density at radius 2 is 2.16 bits per heavy atom. The minimum absolute atomic E-state index is 0.289. The van der Waals surface area contributed by atoms with Crippen LogP contribution in [0.5, 0.6) is 0 Å². The number of hydrogen-bond donors (Lipinski definition) is 0. The van der Waals surface area contributed by atoms with Crippen molar-refractivity contribution in [1.82, 2.24) is 8.87 Å². The van der Waals surface area contributed by atoms with Gasteiger partial charge in [-0.05, 0) is 25.1 Å². The summed E-state index contributed by atoms with van der Waals surface area (Å²) in [6.45, 7) is 3.30. The van der Waals surface area contributed by atoms with Gasteiger partial charge < -0.3 is 9.30 Å². The van der Waals surface area contributed by atoms with Crippen molar-refractivity contribution in [3.8, 4) is 0 Å². The first-order valence-electron chi connectivity index (χ1n) is 7.58. The number of aromatic nitrogens is 1. The predicted octanol–water partition coefficient (Wildman–Crippen LogP) is 1.82. The molecule has 25 heavy (non-hydrogen) atoms. The first-order chi connectivity index (χ1) is 11.7.